The summed E-state index contributed by atoms with van der Waals surface area (Å²) >= 11 is 0. The van der Waals surface area contributed by atoms with Crippen LogP contribution in [0.5, 0.6) is 0 Å². The molecule has 2 heterocycles. The van der Waals surface area contributed by atoms with Gasteiger partial charge in [0.1, 0.15) is 17.3 Å². The van der Waals surface area contributed by atoms with Gasteiger partial charge in [-0.1, -0.05) is 29.4 Å². The first-order valence-electron chi connectivity index (χ1n) is 6.01. The van der Waals surface area contributed by atoms with Gasteiger partial charge >= 0.3 is 0 Å². The second kappa shape index (κ2) is 5.08. The molecule has 0 amide bonds. The molecule has 0 fully saturated rings. The third kappa shape index (κ3) is 2.49. The summed E-state index contributed by atoms with van der Waals surface area (Å²) in [7, 11) is 0. The van der Waals surface area contributed by atoms with Gasteiger partial charge < -0.3 is 10.3 Å². The van der Waals surface area contributed by atoms with Crippen LogP contribution in [0.15, 0.2) is 47.0 Å². The number of halogens is 1. The Hall–Kier alpha value is -2.76. The molecule has 0 spiro atoms. The van der Waals surface area contributed by atoms with Crippen LogP contribution in [0.2, 0.25) is 0 Å². The van der Waals surface area contributed by atoms with E-state index in [0.717, 1.165) is 0 Å². The quantitative estimate of drug-likeness (QED) is 0.790. The molecule has 0 aliphatic carbocycles. The summed E-state index contributed by atoms with van der Waals surface area (Å²) in [5.74, 6) is 0.746. The largest absolute Gasteiger partial charge is 0.384 e. The second-order valence-electron chi connectivity index (χ2n) is 4.23. The minimum Gasteiger partial charge on any atom is -0.384 e. The number of rotatable bonds is 3. The van der Waals surface area contributed by atoms with Crippen molar-refractivity contribution in [3.63, 3.8) is 0 Å². The Balaban J connectivity index is 1.86. The molecule has 0 radical (unpaired) electrons. The molecule has 1 aromatic carbocycles. The van der Waals surface area contributed by atoms with Crippen LogP contribution in [0.4, 0.5) is 10.2 Å². The summed E-state index contributed by atoms with van der Waals surface area (Å²) in [5.41, 5.74) is 6.61. The van der Waals surface area contributed by atoms with Gasteiger partial charge in [-0.15, -0.1) is 0 Å². The monoisotopic (exact) mass is 270 g/mol. The Labute approximate surface area is 114 Å². The van der Waals surface area contributed by atoms with Crippen molar-refractivity contribution >= 4 is 5.82 Å². The van der Waals surface area contributed by atoms with Gasteiger partial charge in [-0.2, -0.15) is 4.98 Å². The lowest BCUT2D eigenvalue weighted by atomic mass is 10.1. The average Bonchev–Trinajstić information content (AvgIpc) is 2.90. The topological polar surface area (TPSA) is 77.8 Å². The number of benzene rings is 1. The average molecular weight is 270 g/mol. The van der Waals surface area contributed by atoms with Crippen LogP contribution in [-0.4, -0.2) is 15.1 Å². The Kier molecular flexibility index (Phi) is 3.12. The van der Waals surface area contributed by atoms with Crippen molar-refractivity contribution < 1.29 is 8.91 Å². The van der Waals surface area contributed by atoms with Gasteiger partial charge in [0.15, 0.2) is 5.82 Å². The van der Waals surface area contributed by atoms with E-state index in [4.69, 9.17) is 10.3 Å². The van der Waals surface area contributed by atoms with E-state index in [1.807, 2.05) is 0 Å². The fourth-order valence-corrected chi connectivity index (χ4v) is 1.81. The highest BCUT2D eigenvalue weighted by atomic mass is 19.1. The summed E-state index contributed by atoms with van der Waals surface area (Å²) in [6, 6.07) is 11.6. The van der Waals surface area contributed by atoms with Crippen molar-refractivity contribution in [2.75, 3.05) is 5.73 Å². The summed E-state index contributed by atoms with van der Waals surface area (Å²) in [4.78, 5) is 8.28. The smallest absolute Gasteiger partial charge is 0.276 e. The Morgan fingerprint density at radius 1 is 1.05 bits per heavy atom. The molecule has 0 bridgehead atoms. The highest BCUT2D eigenvalue weighted by molar-refractivity contribution is 5.50. The minimum absolute atomic E-state index is 0.262. The lowest BCUT2D eigenvalue weighted by Gasteiger charge is -1.97. The SMILES string of the molecule is Nc1cccc(-c2nc(Cc3ccccc3F)no2)n1. The van der Waals surface area contributed by atoms with Crippen molar-refractivity contribution in [1.82, 2.24) is 15.1 Å². The standard InChI is InChI=1S/C14H11FN4O/c15-10-5-2-1-4-9(10)8-13-18-14(20-19-13)11-6-3-7-12(16)17-11/h1-7H,8H2,(H2,16,17). The number of pyridine rings is 1. The molecule has 0 unspecified atom stereocenters. The zero-order valence-electron chi connectivity index (χ0n) is 10.5. The zero-order valence-corrected chi connectivity index (χ0v) is 10.5. The molecule has 0 atom stereocenters. The van der Waals surface area contributed by atoms with E-state index in [1.54, 1.807) is 36.4 Å². The number of anilines is 1. The molecule has 3 rings (SSSR count). The van der Waals surface area contributed by atoms with E-state index in [1.165, 1.54) is 6.07 Å². The van der Waals surface area contributed by atoms with Crippen LogP contribution >= 0.6 is 0 Å². The molecule has 5 nitrogen and oxygen atoms in total. The van der Waals surface area contributed by atoms with Crippen molar-refractivity contribution in [2.45, 2.75) is 6.42 Å². The highest BCUT2D eigenvalue weighted by Crippen LogP contribution is 2.17. The Morgan fingerprint density at radius 2 is 1.90 bits per heavy atom. The van der Waals surface area contributed by atoms with Crippen LogP contribution in [0.1, 0.15) is 11.4 Å². The first-order chi connectivity index (χ1) is 9.72. The fraction of sp³-hybridized carbons (Fsp3) is 0.0714. The van der Waals surface area contributed by atoms with E-state index < -0.39 is 0 Å². The van der Waals surface area contributed by atoms with Gasteiger partial charge in [0.05, 0.1) is 0 Å². The fourth-order valence-electron chi connectivity index (χ4n) is 1.81. The van der Waals surface area contributed by atoms with E-state index in [0.29, 0.717) is 22.9 Å². The number of nitrogen functional groups attached to an aromatic ring is 1. The van der Waals surface area contributed by atoms with Crippen molar-refractivity contribution in [3.05, 3.63) is 59.7 Å². The predicted molar refractivity (Wildman–Crippen MR) is 71.1 cm³/mol. The van der Waals surface area contributed by atoms with Gasteiger partial charge in [-0.3, -0.25) is 0 Å². The molecule has 20 heavy (non-hydrogen) atoms. The highest BCUT2D eigenvalue weighted by Gasteiger charge is 2.12. The summed E-state index contributed by atoms with van der Waals surface area (Å²) in [6.07, 6.45) is 0.262. The van der Waals surface area contributed by atoms with Crippen molar-refractivity contribution in [1.29, 1.82) is 0 Å². The maximum absolute atomic E-state index is 13.5. The Morgan fingerprint density at radius 3 is 2.70 bits per heavy atom. The molecule has 2 N–H and O–H groups in total. The van der Waals surface area contributed by atoms with Crippen LogP contribution in [0.25, 0.3) is 11.6 Å². The summed E-state index contributed by atoms with van der Waals surface area (Å²) in [6.45, 7) is 0. The van der Waals surface area contributed by atoms with Gasteiger partial charge in [-0.05, 0) is 23.8 Å². The van der Waals surface area contributed by atoms with Crippen molar-refractivity contribution in [2.24, 2.45) is 0 Å². The molecule has 6 heteroatoms. The first kappa shape index (κ1) is 12.3. The maximum atomic E-state index is 13.5. The van der Waals surface area contributed by atoms with E-state index >= 15 is 0 Å². The molecule has 0 aliphatic heterocycles. The normalized spacial score (nSPS) is 10.7. The number of hydrogen-bond donors (Lipinski definition) is 1. The first-order valence-corrected chi connectivity index (χ1v) is 6.01. The van der Waals surface area contributed by atoms with Crippen LogP contribution in [0, 0.1) is 5.82 Å². The van der Waals surface area contributed by atoms with Gasteiger partial charge in [-0.25, -0.2) is 9.37 Å². The molecule has 100 valence electrons. The van der Waals surface area contributed by atoms with Crippen LogP contribution < -0.4 is 5.73 Å². The third-order valence-corrected chi connectivity index (χ3v) is 2.76. The van der Waals surface area contributed by atoms with Gasteiger partial charge in [0, 0.05) is 6.42 Å². The Bertz CT molecular complexity index is 741. The molecule has 3 aromatic rings. The lowest BCUT2D eigenvalue weighted by Crippen LogP contribution is -1.95. The molecular formula is C14H11FN4O. The van der Waals surface area contributed by atoms with Crippen LogP contribution in [0.3, 0.4) is 0 Å². The number of nitrogens with two attached hydrogens (primary N) is 1. The second-order valence-corrected chi connectivity index (χ2v) is 4.23. The number of aromatic nitrogens is 3. The summed E-state index contributed by atoms with van der Waals surface area (Å²) in [5, 5.41) is 3.83. The predicted octanol–water partition coefficient (Wildman–Crippen LogP) is 2.44. The van der Waals surface area contributed by atoms with Gasteiger partial charge in [0.2, 0.25) is 0 Å². The molecule has 0 saturated heterocycles. The van der Waals surface area contributed by atoms with E-state index in [-0.39, 0.29) is 18.1 Å². The zero-order chi connectivity index (χ0) is 13.9. The van der Waals surface area contributed by atoms with Gasteiger partial charge in [0.25, 0.3) is 5.89 Å². The number of hydrogen-bond acceptors (Lipinski definition) is 5. The van der Waals surface area contributed by atoms with Crippen molar-refractivity contribution in [3.8, 4) is 11.6 Å². The minimum atomic E-state index is -0.291. The van der Waals surface area contributed by atoms with E-state index in [2.05, 4.69) is 15.1 Å². The maximum Gasteiger partial charge on any atom is 0.276 e. The molecule has 2 aromatic heterocycles. The van der Waals surface area contributed by atoms with E-state index in [9.17, 15) is 4.39 Å². The lowest BCUT2D eigenvalue weighted by molar-refractivity contribution is 0.422. The number of nitrogens with zero attached hydrogens (tertiary/aromatic N) is 3. The molecule has 0 aliphatic rings. The third-order valence-electron chi connectivity index (χ3n) is 2.76. The van der Waals surface area contributed by atoms with Crippen LogP contribution in [-0.2, 0) is 6.42 Å². The summed E-state index contributed by atoms with van der Waals surface area (Å²) < 4.78 is 18.7. The molecule has 0 saturated carbocycles. The molecular weight excluding hydrogens is 259 g/mol.